The number of rotatable bonds is 4. The van der Waals surface area contributed by atoms with Gasteiger partial charge in [-0.3, -0.25) is 0 Å². The lowest BCUT2D eigenvalue weighted by Crippen LogP contribution is -2.46. The molecule has 0 bridgehead atoms. The lowest BCUT2D eigenvalue weighted by molar-refractivity contribution is -0.0241. The number of ether oxygens (including phenoxy) is 2. The van der Waals surface area contributed by atoms with Gasteiger partial charge in [-0.1, -0.05) is 11.6 Å². The molecule has 0 spiro atoms. The molecule has 14 heteroatoms. The first-order chi connectivity index (χ1) is 16.0. The molecule has 0 unspecified atom stereocenters. The molecule has 4 rings (SSSR count). The van der Waals surface area contributed by atoms with Crippen molar-refractivity contribution in [3.05, 3.63) is 52.6 Å². The SMILES string of the molecule is COC(=O)N1CCO[C@@H](Cc2c(-c3c(F)cc(S(N)(=O)=O)cc3F)nc3cc(Cl)c(F)cn23)C1. The number of nitrogens with two attached hydrogens (primary N) is 1. The molecule has 1 fully saturated rings. The molecule has 1 amide bonds. The number of halogens is 4. The van der Waals surface area contributed by atoms with Gasteiger partial charge in [-0.15, -0.1) is 0 Å². The summed E-state index contributed by atoms with van der Waals surface area (Å²) in [5, 5.41) is 4.73. The summed E-state index contributed by atoms with van der Waals surface area (Å²) in [6.07, 6.45) is -0.222. The Morgan fingerprint density at radius 1 is 1.26 bits per heavy atom. The maximum absolute atomic E-state index is 15.0. The fraction of sp³-hybridized carbons (Fsp3) is 0.300. The third-order valence-electron chi connectivity index (χ3n) is 5.34. The molecule has 182 valence electrons. The first kappa shape index (κ1) is 24.3. The molecule has 1 aromatic carbocycles. The highest BCUT2D eigenvalue weighted by Crippen LogP contribution is 2.33. The first-order valence-corrected chi connectivity index (χ1v) is 11.7. The second-order valence-electron chi connectivity index (χ2n) is 7.52. The van der Waals surface area contributed by atoms with E-state index in [1.165, 1.54) is 22.5 Å². The number of morpholine rings is 1. The molecule has 1 saturated heterocycles. The largest absolute Gasteiger partial charge is 0.453 e. The molecule has 2 N–H and O–H groups in total. The zero-order valence-electron chi connectivity index (χ0n) is 17.6. The number of amides is 1. The molecule has 9 nitrogen and oxygen atoms in total. The molecular formula is C20H18ClF3N4O5S. The van der Waals surface area contributed by atoms with E-state index in [1.54, 1.807) is 0 Å². The van der Waals surface area contributed by atoms with Crippen molar-refractivity contribution >= 4 is 33.4 Å². The van der Waals surface area contributed by atoms with Crippen LogP contribution in [0.25, 0.3) is 16.9 Å². The Balaban J connectivity index is 1.85. The van der Waals surface area contributed by atoms with E-state index in [2.05, 4.69) is 4.98 Å². The molecule has 0 saturated carbocycles. The Hall–Kier alpha value is -2.87. The number of benzene rings is 1. The fourth-order valence-corrected chi connectivity index (χ4v) is 4.46. The van der Waals surface area contributed by atoms with Crippen molar-refractivity contribution in [2.45, 2.75) is 17.4 Å². The van der Waals surface area contributed by atoms with Gasteiger partial charge in [0, 0.05) is 25.2 Å². The van der Waals surface area contributed by atoms with Gasteiger partial charge in [0.1, 0.15) is 17.3 Å². The summed E-state index contributed by atoms with van der Waals surface area (Å²) in [7, 11) is -3.14. The summed E-state index contributed by atoms with van der Waals surface area (Å²) in [5.41, 5.74) is -0.602. The van der Waals surface area contributed by atoms with Gasteiger partial charge in [-0.05, 0) is 12.1 Å². The number of imidazole rings is 1. The number of carbonyl (C=O) groups excluding carboxylic acids is 1. The van der Waals surface area contributed by atoms with Crippen LogP contribution >= 0.6 is 11.6 Å². The standard InChI is InChI=1S/C20H18ClF3N4O5S/c1-32-20(29)27-2-3-33-10(8-27)4-16-19(26-17-7-12(21)15(24)9-28(16)17)18-13(22)5-11(6-14(18)23)34(25,30)31/h5-7,9-10H,2-4,8H2,1H3,(H2,25,30,31)/t10-/m0/s1. The minimum atomic E-state index is -4.37. The van der Waals surface area contributed by atoms with E-state index in [1.807, 2.05) is 0 Å². The second-order valence-corrected chi connectivity index (χ2v) is 9.49. The quantitative estimate of drug-likeness (QED) is 0.568. The smallest absolute Gasteiger partial charge is 0.409 e. The number of methoxy groups -OCH3 is 1. The molecule has 1 aliphatic rings. The number of sulfonamides is 1. The average molecular weight is 519 g/mol. The van der Waals surface area contributed by atoms with Crippen LogP contribution < -0.4 is 5.14 Å². The molecule has 0 radical (unpaired) electrons. The number of carbonyl (C=O) groups is 1. The fourth-order valence-electron chi connectivity index (χ4n) is 3.78. The number of hydrogen-bond donors (Lipinski definition) is 1. The molecule has 3 aromatic rings. The van der Waals surface area contributed by atoms with Crippen LogP contribution in [0.2, 0.25) is 5.02 Å². The highest BCUT2D eigenvalue weighted by Gasteiger charge is 2.30. The summed E-state index contributed by atoms with van der Waals surface area (Å²) in [4.78, 5) is 16.8. The van der Waals surface area contributed by atoms with Crippen molar-refractivity contribution in [3.63, 3.8) is 0 Å². The zero-order valence-corrected chi connectivity index (χ0v) is 19.2. The van der Waals surface area contributed by atoms with Crippen LogP contribution in [0.15, 0.2) is 29.3 Å². The third kappa shape index (κ3) is 4.56. The summed E-state index contributed by atoms with van der Waals surface area (Å²) in [5.74, 6) is -3.27. The van der Waals surface area contributed by atoms with E-state index < -0.39 is 50.1 Å². The summed E-state index contributed by atoms with van der Waals surface area (Å²) < 4.78 is 79.0. The first-order valence-electron chi connectivity index (χ1n) is 9.82. The maximum Gasteiger partial charge on any atom is 0.409 e. The van der Waals surface area contributed by atoms with Gasteiger partial charge in [0.25, 0.3) is 0 Å². The predicted molar refractivity (Wildman–Crippen MR) is 114 cm³/mol. The highest BCUT2D eigenvalue weighted by molar-refractivity contribution is 7.89. The van der Waals surface area contributed by atoms with Crippen molar-refractivity contribution in [2.75, 3.05) is 26.8 Å². The Labute approximate surface area is 196 Å². The average Bonchev–Trinajstić information content (AvgIpc) is 3.09. The molecule has 1 aliphatic heterocycles. The lowest BCUT2D eigenvalue weighted by Gasteiger charge is -2.32. The number of nitrogens with zero attached hydrogens (tertiary/aromatic N) is 3. The number of pyridine rings is 1. The van der Waals surface area contributed by atoms with Crippen LogP contribution in [-0.4, -0.2) is 61.7 Å². The topological polar surface area (TPSA) is 116 Å². The van der Waals surface area contributed by atoms with Gasteiger partial charge in [0.2, 0.25) is 10.0 Å². The van der Waals surface area contributed by atoms with Gasteiger partial charge < -0.3 is 18.8 Å². The van der Waals surface area contributed by atoms with Crippen LogP contribution in [0.5, 0.6) is 0 Å². The van der Waals surface area contributed by atoms with Gasteiger partial charge >= 0.3 is 6.09 Å². The molecule has 0 aliphatic carbocycles. The van der Waals surface area contributed by atoms with Crippen molar-refractivity contribution in [1.29, 1.82) is 0 Å². The predicted octanol–water partition coefficient (Wildman–Crippen LogP) is 2.73. The van der Waals surface area contributed by atoms with E-state index in [4.69, 9.17) is 26.2 Å². The Bertz CT molecular complexity index is 1380. The van der Waals surface area contributed by atoms with Gasteiger partial charge in [-0.2, -0.15) is 0 Å². The lowest BCUT2D eigenvalue weighted by atomic mass is 10.0. The van der Waals surface area contributed by atoms with Crippen LogP contribution in [0.1, 0.15) is 5.69 Å². The Morgan fingerprint density at radius 3 is 2.56 bits per heavy atom. The summed E-state index contributed by atoms with van der Waals surface area (Å²) in [6, 6.07) is 2.33. The van der Waals surface area contributed by atoms with Crippen LogP contribution in [0.4, 0.5) is 18.0 Å². The number of hydrogen-bond acceptors (Lipinski definition) is 6. The molecule has 3 heterocycles. The van der Waals surface area contributed by atoms with E-state index in [0.717, 1.165) is 6.20 Å². The second kappa shape index (κ2) is 9.06. The Morgan fingerprint density at radius 2 is 1.94 bits per heavy atom. The van der Waals surface area contributed by atoms with Gasteiger partial charge in [0.05, 0.1) is 53.2 Å². The number of primary sulfonamides is 1. The monoisotopic (exact) mass is 518 g/mol. The minimum Gasteiger partial charge on any atom is -0.453 e. The van der Waals surface area contributed by atoms with Crippen molar-refractivity contribution in [1.82, 2.24) is 14.3 Å². The summed E-state index contributed by atoms with van der Waals surface area (Å²) >= 11 is 5.85. The van der Waals surface area contributed by atoms with Crippen LogP contribution in [0.3, 0.4) is 0 Å². The number of fused-ring (bicyclic) bond motifs is 1. The van der Waals surface area contributed by atoms with Crippen molar-refractivity contribution in [2.24, 2.45) is 5.14 Å². The van der Waals surface area contributed by atoms with E-state index in [-0.39, 0.29) is 48.2 Å². The van der Waals surface area contributed by atoms with E-state index >= 15 is 0 Å². The zero-order chi connectivity index (χ0) is 24.8. The molecule has 1 atom stereocenters. The van der Waals surface area contributed by atoms with E-state index in [9.17, 15) is 26.4 Å². The van der Waals surface area contributed by atoms with Gasteiger partial charge in [-0.25, -0.2) is 36.5 Å². The minimum absolute atomic E-state index is 0.0269. The van der Waals surface area contributed by atoms with E-state index in [0.29, 0.717) is 12.1 Å². The summed E-state index contributed by atoms with van der Waals surface area (Å²) in [6.45, 7) is 0.564. The van der Waals surface area contributed by atoms with Gasteiger partial charge in [0.15, 0.2) is 5.82 Å². The van der Waals surface area contributed by atoms with Crippen molar-refractivity contribution < 1.29 is 35.9 Å². The highest BCUT2D eigenvalue weighted by atomic mass is 35.5. The van der Waals surface area contributed by atoms with Crippen LogP contribution in [0, 0.1) is 17.5 Å². The van der Waals surface area contributed by atoms with Crippen molar-refractivity contribution in [3.8, 4) is 11.3 Å². The normalized spacial score (nSPS) is 16.8. The third-order valence-corrected chi connectivity index (χ3v) is 6.52. The molecule has 2 aromatic heterocycles. The van der Waals surface area contributed by atoms with Crippen LogP contribution in [-0.2, 0) is 25.9 Å². The Kier molecular flexibility index (Phi) is 6.46. The maximum atomic E-state index is 15.0. The molecular weight excluding hydrogens is 501 g/mol. The number of aromatic nitrogens is 2. The molecule has 34 heavy (non-hydrogen) atoms.